The summed E-state index contributed by atoms with van der Waals surface area (Å²) in [6, 6.07) is 4.33. The first kappa shape index (κ1) is 18.5. The van der Waals surface area contributed by atoms with Gasteiger partial charge in [0.15, 0.2) is 10.0 Å². The Hall–Kier alpha value is -1.55. The summed E-state index contributed by atoms with van der Waals surface area (Å²) < 4.78 is 50.4. The second kappa shape index (κ2) is 7.63. The minimum absolute atomic E-state index is 0.114. The van der Waals surface area contributed by atoms with Crippen LogP contribution in [0, 0.1) is 0 Å². The van der Waals surface area contributed by atoms with Gasteiger partial charge >= 0.3 is 12.3 Å². The Labute approximate surface area is 131 Å². The molecule has 0 saturated carbocycles. The van der Waals surface area contributed by atoms with E-state index in [0.29, 0.717) is 16.5 Å². The smallest absolute Gasteiger partial charge is 0.297 e. The first-order chi connectivity index (χ1) is 10.1. The fourth-order valence-corrected chi connectivity index (χ4v) is 3.17. The molecule has 0 aromatic heterocycles. The van der Waals surface area contributed by atoms with Crippen molar-refractivity contribution >= 4 is 32.6 Å². The molecule has 1 atom stereocenters. The van der Waals surface area contributed by atoms with Crippen molar-refractivity contribution < 1.29 is 27.0 Å². The van der Waals surface area contributed by atoms with Gasteiger partial charge in [0.1, 0.15) is 0 Å². The summed E-state index contributed by atoms with van der Waals surface area (Å²) >= 11 is 0. The molecule has 1 amide bonds. The lowest BCUT2D eigenvalue weighted by Gasteiger charge is -2.13. The first-order valence-corrected chi connectivity index (χ1v) is 8.28. The average molecular weight is 354 g/mol. The summed E-state index contributed by atoms with van der Waals surface area (Å²) in [4.78, 5) is 16.1. The topological polar surface area (TPSA) is 59.0 Å². The van der Waals surface area contributed by atoms with Crippen molar-refractivity contribution in [3.63, 3.8) is 0 Å². The number of hydrogen-bond donors (Lipinski definition) is 0. The van der Waals surface area contributed by atoms with Gasteiger partial charge in [-0.05, 0) is 42.8 Å². The van der Waals surface area contributed by atoms with Crippen LogP contribution in [0.2, 0.25) is 0 Å². The van der Waals surface area contributed by atoms with E-state index in [1.165, 1.54) is 19.2 Å². The molecule has 0 aliphatic carbocycles. The second-order valence-corrected chi connectivity index (χ2v) is 7.19. The molecular formula is C12H13F3N2O3S2. The summed E-state index contributed by atoms with van der Waals surface area (Å²) in [6.07, 6.45) is -5.46. The molecule has 1 aromatic carbocycles. The third kappa shape index (κ3) is 5.68. The molecule has 1 rings (SSSR count). The van der Waals surface area contributed by atoms with Crippen LogP contribution in [0.25, 0.3) is 0 Å². The van der Waals surface area contributed by atoms with E-state index >= 15 is 0 Å². The van der Waals surface area contributed by atoms with Crippen LogP contribution in [0.5, 0.6) is 0 Å². The van der Waals surface area contributed by atoms with Gasteiger partial charge in [-0.1, -0.05) is 11.2 Å². The van der Waals surface area contributed by atoms with E-state index in [4.69, 9.17) is 0 Å². The highest BCUT2D eigenvalue weighted by atomic mass is 33.1. The highest BCUT2D eigenvalue weighted by Crippen LogP contribution is 2.33. The van der Waals surface area contributed by atoms with Crippen LogP contribution >= 0.6 is 10.8 Å². The lowest BCUT2D eigenvalue weighted by Crippen LogP contribution is -2.26. The molecule has 0 fully saturated rings. The van der Waals surface area contributed by atoms with Crippen molar-refractivity contribution in [1.82, 2.24) is 4.31 Å². The third-order valence-electron chi connectivity index (χ3n) is 2.12. The van der Waals surface area contributed by atoms with E-state index < -0.39 is 27.9 Å². The van der Waals surface area contributed by atoms with Crippen LogP contribution in [0.15, 0.2) is 34.3 Å². The maximum atomic E-state index is 12.6. The maximum Gasteiger partial charge on any atom is 0.448 e. The molecule has 122 valence electrons. The summed E-state index contributed by atoms with van der Waals surface area (Å²) in [5.74, 6) is 0. The number of rotatable bonds is 4. The van der Waals surface area contributed by atoms with Gasteiger partial charge in [0.2, 0.25) is 0 Å². The molecule has 0 heterocycles. The zero-order chi connectivity index (χ0) is 16.9. The van der Waals surface area contributed by atoms with Gasteiger partial charge in [0.05, 0.1) is 11.3 Å². The Bertz CT molecular complexity index is 602. The van der Waals surface area contributed by atoms with E-state index in [0.717, 1.165) is 16.4 Å². The van der Waals surface area contributed by atoms with Gasteiger partial charge in [-0.25, -0.2) is 13.3 Å². The Morgan fingerprint density at radius 1 is 1.36 bits per heavy atom. The fraction of sp³-hybridized carbons (Fsp3) is 0.333. The number of amides is 1. The number of alkyl halides is 3. The Morgan fingerprint density at radius 3 is 2.55 bits per heavy atom. The molecule has 0 spiro atoms. The molecule has 10 heteroatoms. The number of hydrogen-bond acceptors (Lipinski definition) is 5. The standard InChI is InChI=1S/C12H13F3N2O3S2/c1-8(2)16-20-11(18)17(3)22(19)21-10-6-4-5-9(7-10)12(13,14)15/h4-7H,1-3H3. The van der Waals surface area contributed by atoms with E-state index in [2.05, 4.69) is 9.99 Å². The summed E-state index contributed by atoms with van der Waals surface area (Å²) in [6.45, 7) is 3.20. The summed E-state index contributed by atoms with van der Waals surface area (Å²) in [5.41, 5.74) is -0.371. The zero-order valence-electron chi connectivity index (χ0n) is 11.9. The van der Waals surface area contributed by atoms with Gasteiger partial charge in [-0.3, -0.25) is 4.84 Å². The lowest BCUT2D eigenvalue weighted by atomic mass is 10.2. The number of halogens is 3. The van der Waals surface area contributed by atoms with Crippen LogP contribution in [0.4, 0.5) is 18.0 Å². The predicted octanol–water partition coefficient (Wildman–Crippen LogP) is 3.84. The Morgan fingerprint density at radius 2 is 2.00 bits per heavy atom. The molecule has 0 aliphatic heterocycles. The summed E-state index contributed by atoms with van der Waals surface area (Å²) in [7, 11) is -0.169. The minimum atomic E-state index is -4.49. The van der Waals surface area contributed by atoms with Crippen LogP contribution in [0.1, 0.15) is 19.4 Å². The van der Waals surface area contributed by atoms with Gasteiger partial charge in [0.25, 0.3) is 0 Å². The van der Waals surface area contributed by atoms with Crippen LogP contribution < -0.4 is 0 Å². The number of carbonyl (C=O) groups is 1. The molecular weight excluding hydrogens is 341 g/mol. The van der Waals surface area contributed by atoms with Crippen LogP contribution in [0.3, 0.4) is 0 Å². The van der Waals surface area contributed by atoms with Crippen molar-refractivity contribution in [2.75, 3.05) is 7.05 Å². The molecule has 22 heavy (non-hydrogen) atoms. The molecule has 0 N–H and O–H groups in total. The molecule has 0 saturated heterocycles. The van der Waals surface area contributed by atoms with Gasteiger partial charge in [-0.2, -0.15) is 13.2 Å². The quantitative estimate of drug-likeness (QED) is 0.357. The van der Waals surface area contributed by atoms with E-state index in [9.17, 15) is 22.2 Å². The lowest BCUT2D eigenvalue weighted by molar-refractivity contribution is -0.137. The normalized spacial score (nSPS) is 12.5. The van der Waals surface area contributed by atoms with Gasteiger partial charge < -0.3 is 0 Å². The van der Waals surface area contributed by atoms with Crippen LogP contribution in [-0.2, 0) is 21.0 Å². The monoisotopic (exact) mass is 354 g/mol. The number of carbonyl (C=O) groups excluding carboxylic acids is 1. The minimum Gasteiger partial charge on any atom is -0.297 e. The van der Waals surface area contributed by atoms with Crippen LogP contribution in [-0.4, -0.2) is 27.4 Å². The highest BCUT2D eigenvalue weighted by molar-refractivity contribution is 8.68. The van der Waals surface area contributed by atoms with Gasteiger partial charge in [-0.15, -0.1) is 0 Å². The number of oxime groups is 1. The van der Waals surface area contributed by atoms with Crippen molar-refractivity contribution in [3.8, 4) is 0 Å². The molecule has 5 nitrogen and oxygen atoms in total. The highest BCUT2D eigenvalue weighted by Gasteiger charge is 2.30. The van der Waals surface area contributed by atoms with Crippen molar-refractivity contribution in [1.29, 1.82) is 0 Å². The molecule has 1 unspecified atom stereocenters. The number of benzene rings is 1. The van der Waals surface area contributed by atoms with Crippen molar-refractivity contribution in [2.45, 2.75) is 24.9 Å². The van der Waals surface area contributed by atoms with E-state index in [1.807, 2.05) is 0 Å². The molecule has 0 aliphatic rings. The fourth-order valence-electron chi connectivity index (χ4n) is 1.11. The predicted molar refractivity (Wildman–Crippen MR) is 78.5 cm³/mol. The summed E-state index contributed by atoms with van der Waals surface area (Å²) in [5, 5.41) is 3.41. The average Bonchev–Trinajstić information content (AvgIpc) is 2.43. The molecule has 1 aromatic rings. The second-order valence-electron chi connectivity index (χ2n) is 4.22. The molecule has 0 radical (unpaired) electrons. The molecule has 0 bridgehead atoms. The maximum absolute atomic E-state index is 12.6. The Balaban J connectivity index is 2.76. The van der Waals surface area contributed by atoms with Crippen molar-refractivity contribution in [3.05, 3.63) is 29.8 Å². The third-order valence-corrected chi connectivity index (χ3v) is 4.98. The zero-order valence-corrected chi connectivity index (χ0v) is 13.5. The van der Waals surface area contributed by atoms with E-state index in [-0.39, 0.29) is 4.90 Å². The SMILES string of the molecule is CC(C)=NOC(=O)N(C)S(=O)Sc1cccc(C(F)(F)F)c1. The van der Waals surface area contributed by atoms with E-state index in [1.54, 1.807) is 13.8 Å². The first-order valence-electron chi connectivity index (χ1n) is 5.84. The number of nitrogens with zero attached hydrogens (tertiary/aromatic N) is 2. The Kier molecular flexibility index (Phi) is 6.42. The largest absolute Gasteiger partial charge is 0.448 e. The van der Waals surface area contributed by atoms with Gasteiger partial charge in [0, 0.05) is 11.9 Å². The van der Waals surface area contributed by atoms with Crippen molar-refractivity contribution in [2.24, 2.45) is 5.16 Å².